The maximum atomic E-state index is 9.78. The smallest absolute Gasteiger partial charge is 0.138 e. The van der Waals surface area contributed by atoms with Gasteiger partial charge in [0, 0.05) is 29.7 Å². The fourth-order valence-corrected chi connectivity index (χ4v) is 2.19. The summed E-state index contributed by atoms with van der Waals surface area (Å²) >= 11 is 11.7. The van der Waals surface area contributed by atoms with Crippen LogP contribution in [0, 0.1) is 0 Å². The third-order valence-electron chi connectivity index (χ3n) is 2.39. The molecule has 1 aromatic carbocycles. The second-order valence-electron chi connectivity index (χ2n) is 4.44. The molecule has 96 valence electrons. The molecule has 0 aliphatic carbocycles. The number of phenols is 1. The van der Waals surface area contributed by atoms with Gasteiger partial charge >= 0.3 is 0 Å². The second kappa shape index (κ2) is 6.45. The predicted molar refractivity (Wildman–Crippen MR) is 73.0 cm³/mol. The molecule has 1 rings (SSSR count). The van der Waals surface area contributed by atoms with Crippen LogP contribution < -0.4 is 5.32 Å². The van der Waals surface area contributed by atoms with E-state index in [2.05, 4.69) is 17.1 Å². The Morgan fingerprint density at radius 3 is 2.59 bits per heavy atom. The minimum Gasteiger partial charge on any atom is -0.506 e. The highest BCUT2D eigenvalue weighted by molar-refractivity contribution is 6.35. The number of nitrogens with one attached hydrogen (secondary N) is 1. The lowest BCUT2D eigenvalue weighted by atomic mass is 10.2. The number of phenolic OH excluding ortho intramolecular Hbond substituents is 1. The molecule has 1 unspecified atom stereocenters. The van der Waals surface area contributed by atoms with Crippen LogP contribution in [0.15, 0.2) is 12.1 Å². The van der Waals surface area contributed by atoms with Crippen molar-refractivity contribution in [2.24, 2.45) is 0 Å². The number of hydrogen-bond acceptors (Lipinski definition) is 3. The Hall–Kier alpha value is -0.480. The molecule has 0 spiro atoms. The van der Waals surface area contributed by atoms with Crippen LogP contribution in [0.5, 0.6) is 5.75 Å². The topological polar surface area (TPSA) is 35.5 Å². The van der Waals surface area contributed by atoms with Crippen molar-refractivity contribution in [3.05, 3.63) is 27.7 Å². The van der Waals surface area contributed by atoms with E-state index in [1.54, 1.807) is 6.07 Å². The predicted octanol–water partition coefficient (Wildman–Crippen LogP) is 2.74. The van der Waals surface area contributed by atoms with Gasteiger partial charge in [-0.25, -0.2) is 0 Å². The Bertz CT molecular complexity index is 383. The summed E-state index contributed by atoms with van der Waals surface area (Å²) in [6.45, 7) is 3.55. The Balaban J connectivity index is 2.63. The van der Waals surface area contributed by atoms with Crippen molar-refractivity contribution in [1.82, 2.24) is 10.2 Å². The fraction of sp³-hybridized carbons (Fsp3) is 0.500. The van der Waals surface area contributed by atoms with E-state index in [-0.39, 0.29) is 10.8 Å². The van der Waals surface area contributed by atoms with Gasteiger partial charge in [-0.3, -0.25) is 0 Å². The lowest BCUT2D eigenvalue weighted by molar-refractivity contribution is 0.347. The Morgan fingerprint density at radius 2 is 2.00 bits per heavy atom. The van der Waals surface area contributed by atoms with E-state index in [9.17, 15) is 5.11 Å². The summed E-state index contributed by atoms with van der Waals surface area (Å²) < 4.78 is 0. The molecule has 0 aromatic heterocycles. The van der Waals surface area contributed by atoms with Gasteiger partial charge in [-0.2, -0.15) is 0 Å². The van der Waals surface area contributed by atoms with Gasteiger partial charge in [0.2, 0.25) is 0 Å². The summed E-state index contributed by atoms with van der Waals surface area (Å²) in [6, 6.07) is 3.57. The van der Waals surface area contributed by atoms with Crippen molar-refractivity contribution >= 4 is 23.2 Å². The van der Waals surface area contributed by atoms with Crippen molar-refractivity contribution in [3.63, 3.8) is 0 Å². The van der Waals surface area contributed by atoms with E-state index < -0.39 is 0 Å². The van der Waals surface area contributed by atoms with E-state index in [1.165, 1.54) is 6.07 Å². The lowest BCUT2D eigenvalue weighted by Gasteiger charge is -2.18. The summed E-state index contributed by atoms with van der Waals surface area (Å²) in [5, 5.41) is 13.9. The van der Waals surface area contributed by atoms with Crippen LogP contribution in [0.2, 0.25) is 10.0 Å². The molecule has 1 atom stereocenters. The number of aromatic hydroxyl groups is 1. The first-order chi connectivity index (χ1) is 7.90. The number of rotatable bonds is 5. The molecule has 0 radical (unpaired) electrons. The molecule has 0 saturated heterocycles. The number of benzene rings is 1. The fourth-order valence-electron chi connectivity index (χ4n) is 1.65. The molecule has 0 aliphatic heterocycles. The van der Waals surface area contributed by atoms with Crippen molar-refractivity contribution in [3.8, 4) is 5.75 Å². The highest BCUT2D eigenvalue weighted by Crippen LogP contribution is 2.30. The van der Waals surface area contributed by atoms with E-state index >= 15 is 0 Å². The van der Waals surface area contributed by atoms with Crippen LogP contribution in [0.3, 0.4) is 0 Å². The maximum Gasteiger partial charge on any atom is 0.138 e. The number of likely N-dealkylation sites (N-methyl/N-ethyl adjacent to an activating group) is 1. The zero-order valence-electron chi connectivity index (χ0n) is 10.3. The maximum absolute atomic E-state index is 9.78. The van der Waals surface area contributed by atoms with Crippen LogP contribution in [-0.4, -0.2) is 36.7 Å². The molecule has 17 heavy (non-hydrogen) atoms. The minimum absolute atomic E-state index is 0.0978. The molecule has 0 fully saturated rings. The summed E-state index contributed by atoms with van der Waals surface area (Å²) in [5.74, 6) is 0.0978. The molecular formula is C12H18Cl2N2O. The third-order valence-corrected chi connectivity index (χ3v) is 2.89. The van der Waals surface area contributed by atoms with Gasteiger partial charge in [0.1, 0.15) is 5.75 Å². The van der Waals surface area contributed by atoms with E-state index in [0.717, 1.165) is 6.54 Å². The van der Waals surface area contributed by atoms with Crippen LogP contribution in [0.1, 0.15) is 12.5 Å². The average Bonchev–Trinajstić information content (AvgIpc) is 2.20. The lowest BCUT2D eigenvalue weighted by Crippen LogP contribution is -2.35. The molecule has 0 heterocycles. The Labute approximate surface area is 112 Å². The highest BCUT2D eigenvalue weighted by Gasteiger charge is 2.09. The van der Waals surface area contributed by atoms with Crippen LogP contribution in [0.25, 0.3) is 0 Å². The molecular weight excluding hydrogens is 259 g/mol. The first-order valence-corrected chi connectivity index (χ1v) is 6.20. The largest absolute Gasteiger partial charge is 0.506 e. The van der Waals surface area contributed by atoms with Crippen molar-refractivity contribution in [2.45, 2.75) is 19.5 Å². The Kier molecular flexibility index (Phi) is 5.53. The first-order valence-electron chi connectivity index (χ1n) is 5.45. The Morgan fingerprint density at radius 1 is 1.35 bits per heavy atom. The van der Waals surface area contributed by atoms with Gasteiger partial charge in [-0.15, -0.1) is 0 Å². The van der Waals surface area contributed by atoms with Gasteiger partial charge in [0.05, 0.1) is 5.02 Å². The number of halogens is 2. The van der Waals surface area contributed by atoms with Crippen molar-refractivity contribution < 1.29 is 5.11 Å². The third kappa shape index (κ3) is 4.72. The quantitative estimate of drug-likeness (QED) is 0.868. The average molecular weight is 277 g/mol. The molecule has 1 aromatic rings. The van der Waals surface area contributed by atoms with Gasteiger partial charge in [0.15, 0.2) is 0 Å². The van der Waals surface area contributed by atoms with Crippen LogP contribution in [0.4, 0.5) is 0 Å². The van der Waals surface area contributed by atoms with E-state index in [1.807, 2.05) is 14.1 Å². The highest BCUT2D eigenvalue weighted by atomic mass is 35.5. The molecule has 3 nitrogen and oxygen atoms in total. The van der Waals surface area contributed by atoms with Crippen LogP contribution in [-0.2, 0) is 6.54 Å². The zero-order valence-corrected chi connectivity index (χ0v) is 11.8. The van der Waals surface area contributed by atoms with E-state index in [0.29, 0.717) is 23.2 Å². The number of nitrogens with zero attached hydrogens (tertiary/aromatic N) is 1. The summed E-state index contributed by atoms with van der Waals surface area (Å²) in [4.78, 5) is 2.10. The van der Waals surface area contributed by atoms with Crippen molar-refractivity contribution in [1.29, 1.82) is 0 Å². The summed E-state index contributed by atoms with van der Waals surface area (Å²) in [7, 11) is 4.04. The molecule has 0 saturated carbocycles. The molecule has 0 bridgehead atoms. The molecule has 0 aliphatic rings. The molecule has 5 heteroatoms. The zero-order chi connectivity index (χ0) is 13.0. The summed E-state index contributed by atoms with van der Waals surface area (Å²) in [5.41, 5.74) is 0.716. The van der Waals surface area contributed by atoms with Gasteiger partial charge < -0.3 is 15.3 Å². The van der Waals surface area contributed by atoms with Gasteiger partial charge in [-0.05, 0) is 33.2 Å². The molecule has 2 N–H and O–H groups in total. The van der Waals surface area contributed by atoms with E-state index in [4.69, 9.17) is 23.2 Å². The van der Waals surface area contributed by atoms with Gasteiger partial charge in [0.25, 0.3) is 0 Å². The second-order valence-corrected chi connectivity index (χ2v) is 5.28. The standard InChI is InChI=1S/C12H18Cl2N2O/c1-8(7-16(2)3)15-6-9-4-10(13)5-11(14)12(9)17/h4-5,8,15,17H,6-7H2,1-3H3. The monoisotopic (exact) mass is 276 g/mol. The minimum atomic E-state index is 0.0978. The molecule has 0 amide bonds. The van der Waals surface area contributed by atoms with Gasteiger partial charge in [-0.1, -0.05) is 23.2 Å². The van der Waals surface area contributed by atoms with Crippen molar-refractivity contribution in [2.75, 3.05) is 20.6 Å². The normalized spacial score (nSPS) is 13.1. The number of hydrogen-bond donors (Lipinski definition) is 2. The van der Waals surface area contributed by atoms with Crippen LogP contribution >= 0.6 is 23.2 Å². The summed E-state index contributed by atoms with van der Waals surface area (Å²) in [6.07, 6.45) is 0. The SMILES string of the molecule is CC(CN(C)C)NCc1cc(Cl)cc(Cl)c1O. The first kappa shape index (κ1) is 14.6.